The van der Waals surface area contributed by atoms with Gasteiger partial charge in [-0.1, -0.05) is 45.7 Å². The number of nitrogens with zero attached hydrogens (tertiary/aromatic N) is 5. The van der Waals surface area contributed by atoms with Gasteiger partial charge in [-0.2, -0.15) is 13.2 Å². The number of ether oxygens (including phenoxy) is 3. The highest BCUT2D eigenvalue weighted by molar-refractivity contribution is 7.14. The number of carbonyl (C=O) groups is 4. The van der Waals surface area contributed by atoms with Gasteiger partial charge in [-0.3, -0.25) is 19.4 Å². The third kappa shape index (κ3) is 11.3. The highest BCUT2D eigenvalue weighted by Crippen LogP contribution is 2.52. The average Bonchev–Trinajstić information content (AvgIpc) is 3.93. The second-order valence-corrected chi connectivity index (χ2v) is 21.7. The minimum Gasteiger partial charge on any atom is -0.491 e. The maximum Gasteiger partial charge on any atom is 0.408 e. The van der Waals surface area contributed by atoms with Crippen molar-refractivity contribution in [2.24, 2.45) is 23.2 Å². The lowest BCUT2D eigenvalue weighted by Gasteiger charge is -2.35. The summed E-state index contributed by atoms with van der Waals surface area (Å²) in [5.74, 6) is -0.771. The standard InChI is InChI=1S/C47H62ClF3N8O8S/c1-7-28-21-46(28,42(62)63)56-40(60)34-19-30(22-59(34)41(61)39(45(4,5)6)55-44(64)67-29-17-26-16-27(26)18-29)66-36-20-32(33-23-68-43(54-33)52-25(2)3)53-38-31(36)8-9-35(37(38)48)65-15-14-57-10-12-58(13-11-57)24-47(49,50)51/h8-9,20,23,25-30,34,39H,7,10-19,21-22,24H2,1-6H3,(H,52,54)(H,55,64)(H,56,60)(H,62,63)/t26-,27+,28?,29+,30-,34+,39-,46-/m1/s1. The van der Waals surface area contributed by atoms with Crippen LogP contribution in [-0.2, 0) is 19.1 Å². The number of carbonyl (C=O) groups excluding carboxylic acids is 3. The van der Waals surface area contributed by atoms with Crippen molar-refractivity contribution in [1.82, 2.24) is 35.3 Å². The van der Waals surface area contributed by atoms with Gasteiger partial charge in [-0.25, -0.2) is 19.6 Å². The molecule has 2 aliphatic heterocycles. The van der Waals surface area contributed by atoms with Crippen LogP contribution in [0, 0.1) is 23.2 Å². The van der Waals surface area contributed by atoms with Crippen LogP contribution >= 0.6 is 22.9 Å². The van der Waals surface area contributed by atoms with E-state index in [-0.39, 0.29) is 49.1 Å². The van der Waals surface area contributed by atoms with Crippen LogP contribution in [0.15, 0.2) is 23.6 Å². The number of amides is 3. The van der Waals surface area contributed by atoms with Gasteiger partial charge in [0.1, 0.15) is 58.7 Å². The van der Waals surface area contributed by atoms with E-state index in [0.717, 1.165) is 19.3 Å². The number of aromatic nitrogens is 2. The van der Waals surface area contributed by atoms with Gasteiger partial charge < -0.3 is 40.2 Å². The van der Waals surface area contributed by atoms with E-state index in [1.54, 1.807) is 18.2 Å². The number of aliphatic carboxylic acids is 1. The molecule has 1 unspecified atom stereocenters. The number of fused-ring (bicyclic) bond motifs is 2. The first-order valence-electron chi connectivity index (χ1n) is 23.6. The van der Waals surface area contributed by atoms with Crippen molar-refractivity contribution in [3.63, 3.8) is 0 Å². The molecule has 3 saturated carbocycles. The molecule has 1 aromatic carbocycles. The van der Waals surface area contributed by atoms with Crippen molar-refractivity contribution in [1.29, 1.82) is 0 Å². The average molecular weight is 992 g/mol. The summed E-state index contributed by atoms with van der Waals surface area (Å²) < 4.78 is 57.6. The smallest absolute Gasteiger partial charge is 0.408 e. The molecule has 3 aliphatic carbocycles. The minimum absolute atomic E-state index is 0.00603. The second-order valence-electron chi connectivity index (χ2n) is 20.5. The highest BCUT2D eigenvalue weighted by atomic mass is 35.5. The van der Waals surface area contributed by atoms with E-state index in [2.05, 4.69) is 16.0 Å². The van der Waals surface area contributed by atoms with E-state index in [9.17, 15) is 37.5 Å². The van der Waals surface area contributed by atoms with Gasteiger partial charge in [-0.15, -0.1) is 11.3 Å². The molecule has 372 valence electrons. The Bertz CT molecular complexity index is 2370. The summed E-state index contributed by atoms with van der Waals surface area (Å²) in [4.78, 5) is 69.6. The number of nitrogens with one attached hydrogen (secondary N) is 3. The molecule has 3 amide bonds. The predicted molar refractivity (Wildman–Crippen MR) is 250 cm³/mol. The van der Waals surface area contributed by atoms with Gasteiger partial charge in [0.25, 0.3) is 0 Å². The number of piperazine rings is 1. The molecular formula is C47H62ClF3N8O8S. The summed E-state index contributed by atoms with van der Waals surface area (Å²) in [7, 11) is 0. The molecule has 0 spiro atoms. The molecule has 0 radical (unpaired) electrons. The van der Waals surface area contributed by atoms with Crippen LogP contribution in [0.5, 0.6) is 11.5 Å². The Balaban J connectivity index is 1.06. The van der Waals surface area contributed by atoms with E-state index < -0.39 is 65.7 Å². The summed E-state index contributed by atoms with van der Waals surface area (Å²) in [6.07, 6.45) is -2.45. The monoisotopic (exact) mass is 990 g/mol. The molecule has 4 heterocycles. The van der Waals surface area contributed by atoms with Crippen molar-refractivity contribution in [3.8, 4) is 22.9 Å². The molecule has 4 N–H and O–H groups in total. The maximum atomic E-state index is 14.8. The lowest BCUT2D eigenvalue weighted by Crippen LogP contribution is -2.59. The molecular weight excluding hydrogens is 929 g/mol. The van der Waals surface area contributed by atoms with Gasteiger partial charge in [0, 0.05) is 62.0 Å². The Kier molecular flexibility index (Phi) is 14.4. The van der Waals surface area contributed by atoms with Crippen LogP contribution in [0.25, 0.3) is 22.3 Å². The number of likely N-dealkylation sites (tertiary alicyclic amines) is 1. The van der Waals surface area contributed by atoms with Crippen LogP contribution in [0.4, 0.5) is 23.1 Å². The molecule has 2 aromatic heterocycles. The fourth-order valence-corrected chi connectivity index (χ4v) is 11.1. The number of alkyl halides is 3. The van der Waals surface area contributed by atoms with Crippen LogP contribution in [0.3, 0.4) is 0 Å². The number of thiazole rings is 1. The van der Waals surface area contributed by atoms with E-state index in [1.807, 2.05) is 51.8 Å². The summed E-state index contributed by atoms with van der Waals surface area (Å²) in [5.41, 5.74) is -0.986. The lowest BCUT2D eigenvalue weighted by molar-refractivity contribution is -0.149. The van der Waals surface area contributed by atoms with E-state index >= 15 is 0 Å². The number of pyridine rings is 1. The van der Waals surface area contributed by atoms with Gasteiger partial charge in [-0.05, 0) is 74.8 Å². The predicted octanol–water partition coefficient (Wildman–Crippen LogP) is 7.05. The SMILES string of the molecule is CCC1C[C@]1(NC(=O)[C@@H]1C[C@@H](Oc2cc(-c3csc(NC(C)C)n3)nc3c(Cl)c(OCCN4CCN(CC(F)(F)F)CC4)ccc23)CN1C(=O)[C@@H](NC(=O)O[C@@H]1C[C@@H]2C[C@@H]2C1)C(C)(C)C)C(=O)O. The fraction of sp³-hybridized carbons (Fsp3) is 0.660. The molecule has 16 nitrogen and oxygen atoms in total. The fourth-order valence-electron chi connectivity index (χ4n) is 9.98. The number of alkyl carbamates (subject to hydrolysis) is 1. The van der Waals surface area contributed by atoms with Crippen LogP contribution in [-0.4, -0.2) is 148 Å². The molecule has 8 atom stereocenters. The summed E-state index contributed by atoms with van der Waals surface area (Å²) in [5, 5.41) is 22.4. The number of halogens is 4. The van der Waals surface area contributed by atoms with Crippen molar-refractivity contribution in [3.05, 3.63) is 28.6 Å². The third-order valence-corrected chi connectivity index (χ3v) is 15.0. The molecule has 21 heteroatoms. The van der Waals surface area contributed by atoms with Crippen molar-refractivity contribution in [2.45, 2.75) is 122 Å². The largest absolute Gasteiger partial charge is 0.491 e. The number of carboxylic acids is 1. The molecule has 5 aliphatic rings. The summed E-state index contributed by atoms with van der Waals surface area (Å²) in [6, 6.07) is 3.01. The van der Waals surface area contributed by atoms with Gasteiger partial charge in [0.15, 0.2) is 5.13 Å². The zero-order valence-corrected chi connectivity index (χ0v) is 40.9. The Morgan fingerprint density at radius 3 is 2.31 bits per heavy atom. The summed E-state index contributed by atoms with van der Waals surface area (Å²) >= 11 is 8.49. The Morgan fingerprint density at radius 2 is 1.68 bits per heavy atom. The molecule has 5 fully saturated rings. The van der Waals surface area contributed by atoms with Crippen LogP contribution in [0.2, 0.25) is 5.02 Å². The zero-order chi connectivity index (χ0) is 48.9. The first-order valence-corrected chi connectivity index (χ1v) is 24.9. The third-order valence-electron chi connectivity index (χ3n) is 13.9. The Morgan fingerprint density at radius 1 is 0.971 bits per heavy atom. The molecule has 8 rings (SSSR count). The number of carboxylic acid groups (broad SMARTS) is 1. The Hall–Kier alpha value is -4.66. The van der Waals surface area contributed by atoms with Crippen LogP contribution in [0.1, 0.15) is 80.1 Å². The normalized spacial score (nSPS) is 26.6. The molecule has 68 heavy (non-hydrogen) atoms. The second kappa shape index (κ2) is 19.6. The molecule has 0 bridgehead atoms. The maximum absolute atomic E-state index is 14.8. The van der Waals surface area contributed by atoms with Gasteiger partial charge >= 0.3 is 18.2 Å². The Labute approximate surface area is 403 Å². The van der Waals surface area contributed by atoms with Crippen LogP contribution < -0.4 is 25.4 Å². The first-order chi connectivity index (χ1) is 32.1. The van der Waals surface area contributed by atoms with Gasteiger partial charge in [0.05, 0.1) is 24.3 Å². The first kappa shape index (κ1) is 49.8. The number of benzene rings is 1. The van der Waals surface area contributed by atoms with E-state index in [1.165, 1.54) is 21.1 Å². The minimum atomic E-state index is -4.25. The summed E-state index contributed by atoms with van der Waals surface area (Å²) in [6.45, 7) is 12.5. The zero-order valence-electron chi connectivity index (χ0n) is 39.3. The quantitative estimate of drug-likeness (QED) is 0.108. The number of rotatable bonds is 17. The topological polar surface area (TPSA) is 188 Å². The molecule has 3 aromatic rings. The van der Waals surface area contributed by atoms with Crippen molar-refractivity contribution < 1.29 is 51.7 Å². The van der Waals surface area contributed by atoms with Gasteiger partial charge in [0.2, 0.25) is 11.8 Å². The van der Waals surface area contributed by atoms with Crippen molar-refractivity contribution >= 4 is 62.8 Å². The van der Waals surface area contributed by atoms with E-state index in [0.29, 0.717) is 89.9 Å². The number of anilines is 1. The number of hydrogen-bond acceptors (Lipinski definition) is 13. The number of hydrogen-bond donors (Lipinski definition) is 4. The molecule has 2 saturated heterocycles. The highest BCUT2D eigenvalue weighted by Gasteiger charge is 2.61. The van der Waals surface area contributed by atoms with Crippen molar-refractivity contribution in [2.75, 3.05) is 57.7 Å². The lowest BCUT2D eigenvalue weighted by atomic mass is 9.85. The van der Waals surface area contributed by atoms with E-state index in [4.69, 9.17) is 35.8 Å².